The van der Waals surface area contributed by atoms with Gasteiger partial charge in [0.25, 0.3) is 0 Å². The highest BCUT2D eigenvalue weighted by molar-refractivity contribution is 6.32. The van der Waals surface area contributed by atoms with Crippen molar-refractivity contribution in [1.82, 2.24) is 45.7 Å². The molecule has 5 aromatic rings. The molecule has 1 unspecified atom stereocenters. The summed E-state index contributed by atoms with van der Waals surface area (Å²) in [5.74, 6) is 0.0946. The number of H-pyrrole nitrogens is 2. The maximum absolute atomic E-state index is 13.2. The summed E-state index contributed by atoms with van der Waals surface area (Å²) in [4.78, 5) is 21.0. The number of halogens is 3. The molecule has 0 spiro atoms. The van der Waals surface area contributed by atoms with Crippen molar-refractivity contribution in [3.63, 3.8) is 0 Å². The molecular weight excluding hydrogens is 561 g/mol. The molecule has 1 amide bonds. The minimum absolute atomic E-state index is 0.295. The number of hydrogen-bond donors (Lipinski definition) is 3. The molecule has 3 heterocycles. The lowest BCUT2D eigenvalue weighted by molar-refractivity contribution is -0.117. The van der Waals surface area contributed by atoms with Crippen molar-refractivity contribution < 1.29 is 4.79 Å². The fourth-order valence-corrected chi connectivity index (χ4v) is 4.58. The molecule has 2 aromatic carbocycles. The number of carbonyl (C=O) groups excluding carboxylic acids is 1. The van der Waals surface area contributed by atoms with Crippen LogP contribution in [0, 0.1) is 13.8 Å². The van der Waals surface area contributed by atoms with Crippen LogP contribution in [-0.4, -0.2) is 46.3 Å². The molecule has 0 saturated heterocycles. The van der Waals surface area contributed by atoms with E-state index < -0.39 is 6.04 Å². The first kappa shape index (κ1) is 26.6. The van der Waals surface area contributed by atoms with Gasteiger partial charge in [-0.2, -0.15) is 9.78 Å². The molecule has 0 aliphatic heterocycles. The molecule has 0 bridgehead atoms. The van der Waals surface area contributed by atoms with Crippen LogP contribution in [0.25, 0.3) is 23.0 Å². The Morgan fingerprint density at radius 1 is 1.13 bits per heavy atom. The van der Waals surface area contributed by atoms with Crippen molar-refractivity contribution in [2.24, 2.45) is 0 Å². The SMILES string of the molecule is Cc1ccc(-c2nc(C(Cc3[nH]nc(C)c3Cl)NC(=O)/C=C/c3cc(Cl)ccc3-n3cnnn3)[nH]c2Cl)cc1. The van der Waals surface area contributed by atoms with Gasteiger partial charge in [0.15, 0.2) is 0 Å². The van der Waals surface area contributed by atoms with Gasteiger partial charge in [0, 0.05) is 28.6 Å². The van der Waals surface area contributed by atoms with Crippen molar-refractivity contribution in [3.05, 3.63) is 98.4 Å². The molecule has 39 heavy (non-hydrogen) atoms. The molecule has 0 aliphatic rings. The van der Waals surface area contributed by atoms with E-state index in [1.807, 2.05) is 31.2 Å². The number of nitrogens with zero attached hydrogens (tertiary/aromatic N) is 6. The smallest absolute Gasteiger partial charge is 0.244 e. The van der Waals surface area contributed by atoms with Gasteiger partial charge >= 0.3 is 0 Å². The lowest BCUT2D eigenvalue weighted by Gasteiger charge is -2.15. The minimum atomic E-state index is -0.602. The Morgan fingerprint density at radius 3 is 2.62 bits per heavy atom. The van der Waals surface area contributed by atoms with E-state index in [0.29, 0.717) is 55.8 Å². The second-order valence-electron chi connectivity index (χ2n) is 8.81. The van der Waals surface area contributed by atoms with Gasteiger partial charge in [-0.15, -0.1) is 5.10 Å². The summed E-state index contributed by atoms with van der Waals surface area (Å²) >= 11 is 19.2. The Hall–Kier alpha value is -3.99. The predicted octanol–water partition coefficient (Wildman–Crippen LogP) is 5.47. The number of imidazole rings is 1. The first-order valence-corrected chi connectivity index (χ1v) is 12.9. The first-order valence-electron chi connectivity index (χ1n) is 11.8. The second-order valence-corrected chi connectivity index (χ2v) is 10.0. The highest BCUT2D eigenvalue weighted by Crippen LogP contribution is 2.30. The van der Waals surface area contributed by atoms with Crippen molar-refractivity contribution >= 4 is 46.8 Å². The van der Waals surface area contributed by atoms with E-state index in [1.54, 1.807) is 31.2 Å². The third-order valence-electron chi connectivity index (χ3n) is 6.00. The number of aromatic nitrogens is 8. The van der Waals surface area contributed by atoms with Crippen LogP contribution in [-0.2, 0) is 11.2 Å². The molecule has 0 fully saturated rings. The highest BCUT2D eigenvalue weighted by Gasteiger charge is 2.23. The Morgan fingerprint density at radius 2 is 1.92 bits per heavy atom. The monoisotopic (exact) mass is 581 g/mol. The number of hydrogen-bond acceptors (Lipinski definition) is 6. The predicted molar refractivity (Wildman–Crippen MR) is 150 cm³/mol. The summed E-state index contributed by atoms with van der Waals surface area (Å²) < 4.78 is 1.48. The van der Waals surface area contributed by atoms with Crippen molar-refractivity contribution in [2.45, 2.75) is 26.3 Å². The second kappa shape index (κ2) is 11.4. The topological polar surface area (TPSA) is 130 Å². The van der Waals surface area contributed by atoms with Gasteiger partial charge in [-0.25, -0.2) is 4.98 Å². The molecule has 3 N–H and O–H groups in total. The van der Waals surface area contributed by atoms with Gasteiger partial charge in [0.05, 0.1) is 28.1 Å². The number of amides is 1. The Bertz CT molecular complexity index is 1640. The molecule has 0 aliphatic carbocycles. The minimum Gasteiger partial charge on any atom is -0.342 e. The van der Waals surface area contributed by atoms with E-state index in [1.165, 1.54) is 17.1 Å². The number of rotatable bonds is 8. The summed E-state index contributed by atoms with van der Waals surface area (Å²) in [5, 5.41) is 22.7. The van der Waals surface area contributed by atoms with Crippen LogP contribution in [0.15, 0.2) is 54.9 Å². The molecule has 198 valence electrons. The maximum Gasteiger partial charge on any atom is 0.244 e. The average Bonchev–Trinajstić information content (AvgIpc) is 3.66. The fraction of sp³-hybridized carbons (Fsp3) is 0.154. The Balaban J connectivity index is 1.44. The molecule has 3 aromatic heterocycles. The van der Waals surface area contributed by atoms with E-state index in [2.05, 4.69) is 36.0 Å². The molecule has 10 nitrogen and oxygen atoms in total. The quantitative estimate of drug-likeness (QED) is 0.208. The summed E-state index contributed by atoms with van der Waals surface area (Å²) in [6, 6.07) is 12.4. The number of benzene rings is 2. The lowest BCUT2D eigenvalue weighted by Crippen LogP contribution is -2.29. The number of nitrogens with one attached hydrogen (secondary N) is 3. The van der Waals surface area contributed by atoms with E-state index in [4.69, 9.17) is 39.8 Å². The molecule has 0 radical (unpaired) electrons. The zero-order valence-electron chi connectivity index (χ0n) is 20.8. The largest absolute Gasteiger partial charge is 0.342 e. The molecule has 0 saturated carbocycles. The normalized spacial score (nSPS) is 12.2. The van der Waals surface area contributed by atoms with Gasteiger partial charge in [0.1, 0.15) is 23.0 Å². The summed E-state index contributed by atoms with van der Waals surface area (Å²) in [6.07, 6.45) is 4.79. The fourth-order valence-electron chi connectivity index (χ4n) is 3.98. The first-order chi connectivity index (χ1) is 18.8. The standard InChI is InChI=1S/C26H22Cl3N9O/c1-14-3-5-16(6-4-14)24-25(29)33-26(32-24)20(12-19-23(28)15(2)34-35-19)31-22(39)10-7-17-11-18(27)8-9-21(17)38-13-30-36-37-38/h3-11,13,20H,12H2,1-2H3,(H,31,39)(H,32,33)(H,34,35)/b10-7+. The Labute approximate surface area is 238 Å². The summed E-state index contributed by atoms with van der Waals surface area (Å²) in [7, 11) is 0. The number of aromatic amines is 2. The zero-order chi connectivity index (χ0) is 27.5. The van der Waals surface area contributed by atoms with Gasteiger partial charge in [-0.05, 0) is 48.5 Å². The van der Waals surface area contributed by atoms with E-state index in [0.717, 1.165) is 11.1 Å². The molecule has 13 heteroatoms. The third kappa shape index (κ3) is 6.03. The van der Waals surface area contributed by atoms with Gasteiger partial charge in [-0.3, -0.25) is 9.89 Å². The van der Waals surface area contributed by atoms with Crippen molar-refractivity contribution in [2.75, 3.05) is 0 Å². The number of carbonyl (C=O) groups is 1. The summed E-state index contributed by atoms with van der Waals surface area (Å²) in [5.41, 5.74) is 5.17. The van der Waals surface area contributed by atoms with E-state index in [-0.39, 0.29) is 5.91 Å². The summed E-state index contributed by atoms with van der Waals surface area (Å²) in [6.45, 7) is 3.80. The third-order valence-corrected chi connectivity index (χ3v) is 7.01. The van der Waals surface area contributed by atoms with E-state index >= 15 is 0 Å². The van der Waals surface area contributed by atoms with Crippen molar-refractivity contribution in [1.29, 1.82) is 0 Å². The molecular formula is C26H22Cl3N9O. The molecule has 5 rings (SSSR count). The number of tetrazole rings is 1. The van der Waals surface area contributed by atoms with Crippen LogP contribution in [0.3, 0.4) is 0 Å². The van der Waals surface area contributed by atoms with Crippen LogP contribution in [0.5, 0.6) is 0 Å². The van der Waals surface area contributed by atoms with Gasteiger partial charge in [-0.1, -0.05) is 64.6 Å². The number of aryl methyl sites for hydroxylation is 2. The molecule has 1 atom stereocenters. The maximum atomic E-state index is 13.2. The average molecular weight is 583 g/mol. The van der Waals surface area contributed by atoms with Crippen LogP contribution < -0.4 is 5.32 Å². The van der Waals surface area contributed by atoms with Crippen molar-refractivity contribution in [3.8, 4) is 16.9 Å². The van der Waals surface area contributed by atoms with Crippen LogP contribution in [0.1, 0.15) is 34.4 Å². The van der Waals surface area contributed by atoms with Crippen LogP contribution in [0.2, 0.25) is 15.2 Å². The van der Waals surface area contributed by atoms with E-state index in [9.17, 15) is 4.79 Å². The van der Waals surface area contributed by atoms with Gasteiger partial charge < -0.3 is 10.3 Å². The van der Waals surface area contributed by atoms with Crippen LogP contribution in [0.4, 0.5) is 0 Å². The van der Waals surface area contributed by atoms with Crippen LogP contribution >= 0.6 is 34.8 Å². The Kier molecular flexibility index (Phi) is 7.78. The zero-order valence-corrected chi connectivity index (χ0v) is 23.1. The van der Waals surface area contributed by atoms with Gasteiger partial charge in [0.2, 0.25) is 5.91 Å². The lowest BCUT2D eigenvalue weighted by atomic mass is 10.1. The highest BCUT2D eigenvalue weighted by atomic mass is 35.5.